The number of hydrogen-bond donors (Lipinski definition) is 1. The summed E-state index contributed by atoms with van der Waals surface area (Å²) in [6.07, 6.45) is 1.76. The Morgan fingerprint density at radius 1 is 1.07 bits per heavy atom. The number of nitrogens with one attached hydrogen (secondary N) is 1. The van der Waals surface area contributed by atoms with Gasteiger partial charge in [-0.05, 0) is 49.9 Å². The number of para-hydroxylation sites is 1. The van der Waals surface area contributed by atoms with Crippen LogP contribution in [-0.2, 0) is 11.2 Å². The maximum Gasteiger partial charge on any atom is 0.261 e. The van der Waals surface area contributed by atoms with E-state index in [9.17, 15) is 4.79 Å². The average molecular weight is 371 g/mol. The minimum absolute atomic E-state index is 0.0987. The lowest BCUT2D eigenvalue weighted by Gasteiger charge is -2.18. The Morgan fingerprint density at radius 3 is 2.59 bits per heavy atom. The van der Waals surface area contributed by atoms with E-state index < -0.39 is 6.10 Å². The summed E-state index contributed by atoms with van der Waals surface area (Å²) >= 11 is 0. The fraction of sp³-hybridized carbons (Fsp3) is 0.409. The predicted molar refractivity (Wildman–Crippen MR) is 107 cm³/mol. The van der Waals surface area contributed by atoms with Crippen LogP contribution in [0.25, 0.3) is 0 Å². The minimum Gasteiger partial charge on any atom is -0.497 e. The van der Waals surface area contributed by atoms with Gasteiger partial charge < -0.3 is 19.5 Å². The molecule has 0 aliphatic heterocycles. The number of methoxy groups -OCH3 is 1. The van der Waals surface area contributed by atoms with Gasteiger partial charge in [-0.25, -0.2) is 0 Å². The molecule has 0 aromatic heterocycles. The van der Waals surface area contributed by atoms with Gasteiger partial charge in [0.2, 0.25) is 0 Å². The van der Waals surface area contributed by atoms with Gasteiger partial charge in [-0.1, -0.05) is 31.2 Å². The lowest BCUT2D eigenvalue weighted by Crippen LogP contribution is -2.38. The maximum atomic E-state index is 12.4. The second-order valence-corrected chi connectivity index (χ2v) is 6.13. The number of benzene rings is 2. The van der Waals surface area contributed by atoms with Crippen molar-refractivity contribution in [2.45, 2.75) is 39.2 Å². The molecule has 1 N–H and O–H groups in total. The molecular formula is C22H29NO4. The van der Waals surface area contributed by atoms with Crippen molar-refractivity contribution < 1.29 is 19.0 Å². The van der Waals surface area contributed by atoms with Crippen molar-refractivity contribution in [3.8, 4) is 17.2 Å². The van der Waals surface area contributed by atoms with Gasteiger partial charge in [-0.15, -0.1) is 0 Å². The third-order valence-electron chi connectivity index (χ3n) is 4.18. The molecule has 0 unspecified atom stereocenters. The highest BCUT2D eigenvalue weighted by atomic mass is 16.5. The first-order valence-corrected chi connectivity index (χ1v) is 9.47. The molecule has 0 aliphatic rings. The molecule has 5 nitrogen and oxygen atoms in total. The van der Waals surface area contributed by atoms with Crippen LogP contribution in [0.2, 0.25) is 0 Å². The van der Waals surface area contributed by atoms with E-state index in [0.717, 1.165) is 24.2 Å². The summed E-state index contributed by atoms with van der Waals surface area (Å²) in [5.74, 6) is 2.15. The van der Waals surface area contributed by atoms with Crippen molar-refractivity contribution >= 4 is 5.91 Å². The van der Waals surface area contributed by atoms with E-state index in [1.165, 1.54) is 0 Å². The Balaban J connectivity index is 1.81. The molecule has 1 amide bonds. The van der Waals surface area contributed by atoms with Crippen LogP contribution in [0.5, 0.6) is 17.2 Å². The third kappa shape index (κ3) is 6.51. The lowest BCUT2D eigenvalue weighted by molar-refractivity contribution is -0.128. The van der Waals surface area contributed by atoms with Gasteiger partial charge in [0.15, 0.2) is 6.10 Å². The van der Waals surface area contributed by atoms with Crippen molar-refractivity contribution in [2.75, 3.05) is 20.3 Å². The molecule has 0 fully saturated rings. The maximum absolute atomic E-state index is 12.4. The Hall–Kier alpha value is -2.69. The van der Waals surface area contributed by atoms with Crippen LogP contribution < -0.4 is 19.5 Å². The van der Waals surface area contributed by atoms with Crippen LogP contribution in [0.15, 0.2) is 48.5 Å². The molecule has 0 bridgehead atoms. The van der Waals surface area contributed by atoms with Crippen molar-refractivity contribution in [2.24, 2.45) is 0 Å². The third-order valence-corrected chi connectivity index (χ3v) is 4.18. The van der Waals surface area contributed by atoms with Gasteiger partial charge in [-0.3, -0.25) is 4.79 Å². The van der Waals surface area contributed by atoms with Gasteiger partial charge >= 0.3 is 0 Å². The molecule has 2 rings (SSSR count). The first kappa shape index (κ1) is 20.6. The summed E-state index contributed by atoms with van der Waals surface area (Å²) in [5, 5.41) is 2.97. The second kappa shape index (κ2) is 11.1. The van der Waals surface area contributed by atoms with E-state index in [0.29, 0.717) is 31.1 Å². The van der Waals surface area contributed by atoms with Gasteiger partial charge in [0, 0.05) is 12.6 Å². The van der Waals surface area contributed by atoms with Crippen molar-refractivity contribution in [3.05, 3.63) is 54.1 Å². The molecule has 1 atom stereocenters. The molecule has 0 radical (unpaired) electrons. The molecule has 0 spiro atoms. The zero-order chi connectivity index (χ0) is 19.5. The van der Waals surface area contributed by atoms with Crippen LogP contribution in [0.1, 0.15) is 32.3 Å². The molecule has 2 aromatic rings. The Labute approximate surface area is 161 Å². The van der Waals surface area contributed by atoms with E-state index >= 15 is 0 Å². The monoisotopic (exact) mass is 371 g/mol. The topological polar surface area (TPSA) is 56.8 Å². The first-order chi connectivity index (χ1) is 13.2. The zero-order valence-electron chi connectivity index (χ0n) is 16.4. The average Bonchev–Trinajstić information content (AvgIpc) is 2.70. The summed E-state index contributed by atoms with van der Waals surface area (Å²) in [5.41, 5.74) is 1.16. The molecule has 0 heterocycles. The van der Waals surface area contributed by atoms with Gasteiger partial charge in [0.05, 0.1) is 13.7 Å². The van der Waals surface area contributed by atoms with Crippen molar-refractivity contribution in [1.29, 1.82) is 0 Å². The van der Waals surface area contributed by atoms with Crippen LogP contribution >= 0.6 is 0 Å². The molecule has 146 valence electrons. The molecule has 0 saturated heterocycles. The van der Waals surface area contributed by atoms with Crippen LogP contribution in [0, 0.1) is 0 Å². The fourth-order valence-electron chi connectivity index (χ4n) is 2.77. The second-order valence-electron chi connectivity index (χ2n) is 6.13. The normalized spacial score (nSPS) is 11.5. The SMILES string of the molecule is CCOc1ccccc1CCCNC(=O)[C@H](CC)Oc1cccc(OC)c1. The highest BCUT2D eigenvalue weighted by molar-refractivity contribution is 5.81. The molecule has 0 saturated carbocycles. The minimum atomic E-state index is -0.521. The summed E-state index contributed by atoms with van der Waals surface area (Å²) < 4.78 is 16.6. The predicted octanol–water partition coefficient (Wildman–Crippen LogP) is 4.00. The number of ether oxygens (including phenoxy) is 3. The van der Waals surface area contributed by atoms with Crippen LogP contribution in [0.4, 0.5) is 0 Å². The number of amides is 1. The Bertz CT molecular complexity index is 717. The molecule has 5 heteroatoms. The summed E-state index contributed by atoms with van der Waals surface area (Å²) in [6.45, 7) is 5.15. The van der Waals surface area contributed by atoms with Gasteiger partial charge in [-0.2, -0.15) is 0 Å². The standard InChI is InChI=1S/C22H29NO4/c1-4-20(27-19-13-8-12-18(16-19)25-3)22(24)23-15-9-11-17-10-6-7-14-21(17)26-5-2/h6-8,10,12-14,16,20H,4-5,9,11,15H2,1-3H3,(H,23,24)/t20-/m0/s1. The van der Waals surface area contributed by atoms with E-state index in [2.05, 4.69) is 11.4 Å². The van der Waals surface area contributed by atoms with Gasteiger partial charge in [0.25, 0.3) is 5.91 Å². The zero-order valence-corrected chi connectivity index (χ0v) is 16.4. The number of aryl methyl sites for hydroxylation is 1. The highest BCUT2D eigenvalue weighted by Crippen LogP contribution is 2.21. The summed E-state index contributed by atoms with van der Waals surface area (Å²) in [4.78, 5) is 12.4. The number of rotatable bonds is 11. The summed E-state index contributed by atoms with van der Waals surface area (Å²) in [6, 6.07) is 15.3. The largest absolute Gasteiger partial charge is 0.497 e. The smallest absolute Gasteiger partial charge is 0.261 e. The van der Waals surface area contributed by atoms with Crippen molar-refractivity contribution in [1.82, 2.24) is 5.32 Å². The first-order valence-electron chi connectivity index (χ1n) is 9.47. The quantitative estimate of drug-likeness (QED) is 0.607. The van der Waals surface area contributed by atoms with Gasteiger partial charge in [0.1, 0.15) is 17.2 Å². The fourth-order valence-corrected chi connectivity index (χ4v) is 2.77. The van der Waals surface area contributed by atoms with Crippen molar-refractivity contribution in [3.63, 3.8) is 0 Å². The summed E-state index contributed by atoms with van der Waals surface area (Å²) in [7, 11) is 1.60. The molecule has 27 heavy (non-hydrogen) atoms. The van der Waals surface area contributed by atoms with E-state index in [4.69, 9.17) is 14.2 Å². The van der Waals surface area contributed by atoms with E-state index in [1.807, 2.05) is 50.2 Å². The number of carbonyl (C=O) groups excluding carboxylic acids is 1. The number of carbonyl (C=O) groups is 1. The van der Waals surface area contributed by atoms with Crippen LogP contribution in [0.3, 0.4) is 0 Å². The molecule has 0 aliphatic carbocycles. The molecular weight excluding hydrogens is 342 g/mol. The van der Waals surface area contributed by atoms with E-state index in [1.54, 1.807) is 13.2 Å². The van der Waals surface area contributed by atoms with Crippen LogP contribution in [-0.4, -0.2) is 32.3 Å². The number of hydrogen-bond acceptors (Lipinski definition) is 4. The highest BCUT2D eigenvalue weighted by Gasteiger charge is 2.18. The van der Waals surface area contributed by atoms with E-state index in [-0.39, 0.29) is 5.91 Å². The Morgan fingerprint density at radius 2 is 1.85 bits per heavy atom. The Kier molecular flexibility index (Phi) is 8.49. The molecule has 2 aromatic carbocycles. The lowest BCUT2D eigenvalue weighted by atomic mass is 10.1.